The molecule has 1 aliphatic carbocycles. The fourth-order valence-electron chi connectivity index (χ4n) is 3.20. The van der Waals surface area contributed by atoms with Crippen LogP contribution in [0.3, 0.4) is 0 Å². The van der Waals surface area contributed by atoms with Gasteiger partial charge in [-0.15, -0.1) is 0 Å². The molecule has 1 saturated carbocycles. The van der Waals surface area contributed by atoms with Gasteiger partial charge in [0.05, 0.1) is 4.90 Å². The minimum absolute atomic E-state index is 0.122. The number of aryl methyl sites for hydroxylation is 2. The van der Waals surface area contributed by atoms with Gasteiger partial charge < -0.3 is 5.32 Å². The number of anilines is 1. The Kier molecular flexibility index (Phi) is 5.32. The third-order valence-electron chi connectivity index (χ3n) is 4.73. The van der Waals surface area contributed by atoms with E-state index < -0.39 is 10.0 Å². The minimum Gasteiger partial charge on any atom is -0.349 e. The number of amides is 1. The lowest BCUT2D eigenvalue weighted by Gasteiger charge is -2.14. The molecule has 0 heterocycles. The lowest BCUT2D eigenvalue weighted by molar-refractivity contribution is 0.0937. The van der Waals surface area contributed by atoms with E-state index in [4.69, 9.17) is 0 Å². The quantitative estimate of drug-likeness (QED) is 0.839. The Morgan fingerprint density at radius 3 is 2.31 bits per heavy atom. The number of hydrogen-bond donors (Lipinski definition) is 2. The molecule has 2 N–H and O–H groups in total. The highest BCUT2D eigenvalue weighted by Gasteiger charge is 2.22. The van der Waals surface area contributed by atoms with Gasteiger partial charge in [0, 0.05) is 17.3 Å². The molecule has 0 bridgehead atoms. The molecular formula is C20H24N2O3S. The largest absolute Gasteiger partial charge is 0.349 e. The highest BCUT2D eigenvalue weighted by molar-refractivity contribution is 7.92. The Morgan fingerprint density at radius 1 is 1.00 bits per heavy atom. The summed E-state index contributed by atoms with van der Waals surface area (Å²) < 4.78 is 28.2. The molecule has 2 aromatic carbocycles. The van der Waals surface area contributed by atoms with Crippen LogP contribution in [0.25, 0.3) is 0 Å². The molecule has 138 valence electrons. The first-order valence-electron chi connectivity index (χ1n) is 8.86. The number of benzene rings is 2. The van der Waals surface area contributed by atoms with Gasteiger partial charge >= 0.3 is 0 Å². The molecule has 6 heteroatoms. The number of hydrogen-bond acceptors (Lipinski definition) is 3. The van der Waals surface area contributed by atoms with E-state index >= 15 is 0 Å². The van der Waals surface area contributed by atoms with Crippen LogP contribution in [0.2, 0.25) is 0 Å². The fourth-order valence-corrected chi connectivity index (χ4v) is 4.53. The second kappa shape index (κ2) is 7.50. The van der Waals surface area contributed by atoms with E-state index in [1.54, 1.807) is 31.2 Å². The Labute approximate surface area is 154 Å². The molecule has 26 heavy (non-hydrogen) atoms. The van der Waals surface area contributed by atoms with E-state index in [9.17, 15) is 13.2 Å². The van der Waals surface area contributed by atoms with Gasteiger partial charge in [-0.1, -0.05) is 36.6 Å². The van der Waals surface area contributed by atoms with Crippen molar-refractivity contribution in [1.29, 1.82) is 0 Å². The van der Waals surface area contributed by atoms with Crippen LogP contribution in [0.5, 0.6) is 0 Å². The minimum atomic E-state index is -3.77. The maximum Gasteiger partial charge on any atom is 0.262 e. The molecule has 3 rings (SSSR count). The Morgan fingerprint density at radius 2 is 1.65 bits per heavy atom. The number of nitrogens with one attached hydrogen (secondary N) is 2. The van der Waals surface area contributed by atoms with Crippen LogP contribution in [-0.4, -0.2) is 20.4 Å². The summed E-state index contributed by atoms with van der Waals surface area (Å²) >= 11 is 0. The fraction of sp³-hybridized carbons (Fsp3) is 0.350. The molecule has 5 nitrogen and oxygen atoms in total. The molecule has 0 radical (unpaired) electrons. The monoisotopic (exact) mass is 372 g/mol. The van der Waals surface area contributed by atoms with Crippen LogP contribution < -0.4 is 10.0 Å². The predicted molar refractivity (Wildman–Crippen MR) is 103 cm³/mol. The molecule has 0 aliphatic heterocycles. The van der Waals surface area contributed by atoms with Crippen LogP contribution in [0, 0.1) is 13.8 Å². The second-order valence-electron chi connectivity index (χ2n) is 6.91. The van der Waals surface area contributed by atoms with Gasteiger partial charge in [0.15, 0.2) is 0 Å². The lowest BCUT2D eigenvalue weighted by atomic mass is 10.1. The van der Waals surface area contributed by atoms with Crippen LogP contribution in [-0.2, 0) is 10.0 Å². The number of carbonyl (C=O) groups excluding carboxylic acids is 1. The topological polar surface area (TPSA) is 75.3 Å². The van der Waals surface area contributed by atoms with Crippen molar-refractivity contribution in [3.05, 3.63) is 59.2 Å². The van der Waals surface area contributed by atoms with Crippen molar-refractivity contribution >= 4 is 21.6 Å². The summed E-state index contributed by atoms with van der Waals surface area (Å²) in [5.74, 6) is -0.219. The molecule has 1 amide bonds. The van der Waals surface area contributed by atoms with Crippen molar-refractivity contribution in [2.45, 2.75) is 50.5 Å². The average molecular weight is 372 g/mol. The number of carbonyl (C=O) groups is 1. The van der Waals surface area contributed by atoms with Crippen molar-refractivity contribution in [1.82, 2.24) is 5.32 Å². The van der Waals surface area contributed by atoms with Gasteiger partial charge in [0.1, 0.15) is 0 Å². The standard InChI is InChI=1S/C20H24N2O3S/c1-14-7-11-18(12-8-14)22-26(24,25)19-13-16(10-9-15(19)2)20(23)21-17-5-3-4-6-17/h7-13,17,22H,3-6H2,1-2H3,(H,21,23). The average Bonchev–Trinajstić information content (AvgIpc) is 3.10. The van der Waals surface area contributed by atoms with Crippen LogP contribution in [0.4, 0.5) is 5.69 Å². The summed E-state index contributed by atoms with van der Waals surface area (Å²) in [6.45, 7) is 3.66. The third kappa shape index (κ3) is 4.25. The van der Waals surface area contributed by atoms with Gasteiger partial charge in [-0.3, -0.25) is 9.52 Å². The molecule has 0 spiro atoms. The van der Waals surface area contributed by atoms with Gasteiger partial charge in [0.2, 0.25) is 0 Å². The van der Waals surface area contributed by atoms with E-state index in [1.807, 2.05) is 19.1 Å². The molecule has 0 unspecified atom stereocenters. The van der Waals surface area contributed by atoms with Crippen molar-refractivity contribution in [3.63, 3.8) is 0 Å². The molecular weight excluding hydrogens is 348 g/mol. The van der Waals surface area contributed by atoms with E-state index in [-0.39, 0.29) is 16.8 Å². The summed E-state index contributed by atoms with van der Waals surface area (Å²) in [7, 11) is -3.77. The molecule has 0 saturated heterocycles. The van der Waals surface area contributed by atoms with Crippen LogP contribution in [0.1, 0.15) is 47.2 Å². The zero-order chi connectivity index (χ0) is 18.7. The molecule has 1 aliphatic rings. The van der Waals surface area contributed by atoms with E-state index in [0.717, 1.165) is 31.2 Å². The van der Waals surface area contributed by atoms with Crippen LogP contribution in [0.15, 0.2) is 47.4 Å². The van der Waals surface area contributed by atoms with Crippen molar-refractivity contribution in [2.24, 2.45) is 0 Å². The van der Waals surface area contributed by atoms with Gasteiger partial charge in [-0.2, -0.15) is 0 Å². The number of rotatable bonds is 5. The SMILES string of the molecule is Cc1ccc(NS(=O)(=O)c2cc(C(=O)NC3CCCC3)ccc2C)cc1. The maximum atomic E-state index is 12.8. The Hall–Kier alpha value is -2.34. The molecule has 2 aromatic rings. The highest BCUT2D eigenvalue weighted by Crippen LogP contribution is 2.22. The summed E-state index contributed by atoms with van der Waals surface area (Å²) in [5, 5.41) is 3.00. The van der Waals surface area contributed by atoms with Gasteiger partial charge in [-0.05, 0) is 56.5 Å². The summed E-state index contributed by atoms with van der Waals surface area (Å²) in [4.78, 5) is 12.6. The number of sulfonamides is 1. The van der Waals surface area contributed by atoms with Crippen molar-refractivity contribution in [2.75, 3.05) is 4.72 Å². The zero-order valence-corrected chi connectivity index (χ0v) is 15.9. The zero-order valence-electron chi connectivity index (χ0n) is 15.1. The molecule has 0 aromatic heterocycles. The predicted octanol–water partition coefficient (Wildman–Crippen LogP) is 3.78. The molecule has 0 atom stereocenters. The first kappa shape index (κ1) is 18.5. The Balaban J connectivity index is 1.83. The second-order valence-corrected chi connectivity index (χ2v) is 8.56. The summed E-state index contributed by atoms with van der Waals surface area (Å²) in [6.07, 6.45) is 4.22. The first-order chi connectivity index (χ1) is 12.3. The van der Waals surface area contributed by atoms with Gasteiger partial charge in [0.25, 0.3) is 15.9 Å². The maximum absolute atomic E-state index is 12.8. The highest BCUT2D eigenvalue weighted by atomic mass is 32.2. The Bertz CT molecular complexity index is 899. The third-order valence-corrected chi connectivity index (χ3v) is 6.26. The van der Waals surface area contributed by atoms with Crippen LogP contribution >= 0.6 is 0 Å². The lowest BCUT2D eigenvalue weighted by Crippen LogP contribution is -2.32. The van der Waals surface area contributed by atoms with Crippen molar-refractivity contribution in [3.8, 4) is 0 Å². The van der Waals surface area contributed by atoms with E-state index in [1.165, 1.54) is 6.07 Å². The summed E-state index contributed by atoms with van der Waals surface area (Å²) in [6, 6.07) is 12.1. The van der Waals surface area contributed by atoms with E-state index in [2.05, 4.69) is 10.0 Å². The smallest absolute Gasteiger partial charge is 0.262 e. The normalized spacial score (nSPS) is 15.0. The van der Waals surface area contributed by atoms with Crippen molar-refractivity contribution < 1.29 is 13.2 Å². The van der Waals surface area contributed by atoms with E-state index in [0.29, 0.717) is 16.8 Å². The molecule has 1 fully saturated rings. The summed E-state index contributed by atoms with van der Waals surface area (Å²) in [5.41, 5.74) is 2.51. The first-order valence-corrected chi connectivity index (χ1v) is 10.3. The van der Waals surface area contributed by atoms with Gasteiger partial charge in [-0.25, -0.2) is 8.42 Å².